The first-order valence-corrected chi connectivity index (χ1v) is 13.3. The zero-order chi connectivity index (χ0) is 24.0. The molecule has 190 valence electrons. The van der Waals surface area contributed by atoms with E-state index in [0.29, 0.717) is 39.1 Å². The van der Waals surface area contributed by atoms with Gasteiger partial charge in [0, 0.05) is 13.1 Å². The Labute approximate surface area is 199 Å². The summed E-state index contributed by atoms with van der Waals surface area (Å²) in [6.45, 7) is 11.3. The van der Waals surface area contributed by atoms with Crippen LogP contribution >= 0.6 is 0 Å². The largest absolute Gasteiger partial charge is 0.466 e. The van der Waals surface area contributed by atoms with Crippen LogP contribution in [-0.2, 0) is 19.1 Å². The molecule has 0 radical (unpaired) electrons. The highest BCUT2D eigenvalue weighted by molar-refractivity contribution is 5.70. The van der Waals surface area contributed by atoms with Gasteiger partial charge >= 0.3 is 11.9 Å². The predicted octanol–water partition coefficient (Wildman–Crippen LogP) is 6.78. The highest BCUT2D eigenvalue weighted by Crippen LogP contribution is 2.11. The molecular formula is C27H53NO4. The van der Waals surface area contributed by atoms with Crippen molar-refractivity contribution in [3.63, 3.8) is 0 Å². The normalized spacial score (nSPS) is 11.5. The summed E-state index contributed by atoms with van der Waals surface area (Å²) in [6.07, 6.45) is 15.1. The Kier molecular flexibility index (Phi) is 21.0. The van der Waals surface area contributed by atoms with E-state index in [1.807, 2.05) is 11.9 Å². The maximum Gasteiger partial charge on any atom is 0.307 e. The second kappa shape index (κ2) is 21.7. The molecule has 0 spiro atoms. The Hall–Kier alpha value is -1.10. The number of carbonyl (C=O) groups is 2. The summed E-state index contributed by atoms with van der Waals surface area (Å²) >= 11 is 0. The van der Waals surface area contributed by atoms with Gasteiger partial charge in [-0.15, -0.1) is 0 Å². The van der Waals surface area contributed by atoms with Gasteiger partial charge in [0.1, 0.15) is 0 Å². The SMILES string of the molecule is CC(C)CCCCCCCOC(=O)CCN(C)CCC(=O)OCCCCCCCC(C)C. The molecule has 0 saturated carbocycles. The van der Waals surface area contributed by atoms with Crippen molar-refractivity contribution in [1.82, 2.24) is 4.90 Å². The average Bonchev–Trinajstić information content (AvgIpc) is 2.74. The van der Waals surface area contributed by atoms with Gasteiger partial charge in [0.05, 0.1) is 26.1 Å². The quantitative estimate of drug-likeness (QED) is 0.133. The van der Waals surface area contributed by atoms with Crippen LogP contribution in [0.4, 0.5) is 0 Å². The summed E-state index contributed by atoms with van der Waals surface area (Å²) in [7, 11) is 1.93. The molecule has 5 nitrogen and oxygen atoms in total. The van der Waals surface area contributed by atoms with Crippen LogP contribution in [-0.4, -0.2) is 50.2 Å². The summed E-state index contributed by atoms with van der Waals surface area (Å²) < 4.78 is 10.6. The molecule has 0 aliphatic heterocycles. The molecular weight excluding hydrogens is 402 g/mol. The molecule has 0 N–H and O–H groups in total. The first-order valence-electron chi connectivity index (χ1n) is 13.3. The Balaban J connectivity index is 3.48. The fraction of sp³-hybridized carbons (Fsp3) is 0.926. The number of carbonyl (C=O) groups excluding carboxylic acids is 2. The van der Waals surface area contributed by atoms with Crippen LogP contribution in [0, 0.1) is 11.8 Å². The molecule has 0 atom stereocenters. The number of hydrogen-bond acceptors (Lipinski definition) is 5. The number of hydrogen-bond donors (Lipinski definition) is 0. The lowest BCUT2D eigenvalue weighted by atomic mass is 10.0. The van der Waals surface area contributed by atoms with E-state index in [9.17, 15) is 9.59 Å². The van der Waals surface area contributed by atoms with Gasteiger partial charge in [-0.05, 0) is 31.7 Å². The van der Waals surface area contributed by atoms with Gasteiger partial charge < -0.3 is 14.4 Å². The van der Waals surface area contributed by atoms with Crippen molar-refractivity contribution in [1.29, 1.82) is 0 Å². The summed E-state index contributed by atoms with van der Waals surface area (Å²) in [6, 6.07) is 0. The third-order valence-corrected chi connectivity index (χ3v) is 5.77. The molecule has 0 unspecified atom stereocenters. The van der Waals surface area contributed by atoms with Crippen molar-refractivity contribution in [2.45, 2.75) is 118 Å². The van der Waals surface area contributed by atoms with E-state index < -0.39 is 0 Å². The van der Waals surface area contributed by atoms with E-state index in [1.165, 1.54) is 51.4 Å². The lowest BCUT2D eigenvalue weighted by Gasteiger charge is -2.15. The minimum Gasteiger partial charge on any atom is -0.466 e. The van der Waals surface area contributed by atoms with Crippen molar-refractivity contribution in [2.24, 2.45) is 11.8 Å². The third kappa shape index (κ3) is 23.6. The number of unbranched alkanes of at least 4 members (excludes halogenated alkanes) is 8. The molecule has 0 bridgehead atoms. The summed E-state index contributed by atoms with van der Waals surface area (Å²) in [4.78, 5) is 25.7. The maximum atomic E-state index is 11.9. The van der Waals surface area contributed by atoms with E-state index in [2.05, 4.69) is 27.7 Å². The number of ether oxygens (including phenoxy) is 2. The highest BCUT2D eigenvalue weighted by Gasteiger charge is 2.09. The minimum atomic E-state index is -0.146. The van der Waals surface area contributed by atoms with Crippen LogP contribution in [0.5, 0.6) is 0 Å². The number of rotatable bonds is 22. The second-order valence-electron chi connectivity index (χ2n) is 10.1. The van der Waals surface area contributed by atoms with Gasteiger partial charge in [-0.2, -0.15) is 0 Å². The van der Waals surface area contributed by atoms with Crippen molar-refractivity contribution in [3.05, 3.63) is 0 Å². The van der Waals surface area contributed by atoms with Crippen LogP contribution in [0.15, 0.2) is 0 Å². The molecule has 5 heteroatoms. The van der Waals surface area contributed by atoms with Crippen LogP contribution < -0.4 is 0 Å². The second-order valence-corrected chi connectivity index (χ2v) is 10.1. The number of esters is 2. The molecule has 32 heavy (non-hydrogen) atoms. The van der Waals surface area contributed by atoms with E-state index >= 15 is 0 Å². The molecule has 0 aliphatic carbocycles. The first kappa shape index (κ1) is 30.9. The fourth-order valence-electron chi connectivity index (χ4n) is 3.56. The molecule has 0 heterocycles. The molecule has 0 amide bonds. The zero-order valence-electron chi connectivity index (χ0n) is 22.0. The summed E-state index contributed by atoms with van der Waals surface area (Å²) in [5.41, 5.74) is 0. The van der Waals surface area contributed by atoms with Gasteiger partial charge in [-0.1, -0.05) is 91.9 Å². The van der Waals surface area contributed by atoms with Crippen molar-refractivity contribution >= 4 is 11.9 Å². The van der Waals surface area contributed by atoms with Gasteiger partial charge in [0.2, 0.25) is 0 Å². The molecule has 0 saturated heterocycles. The standard InChI is InChI=1S/C27H53NO4/c1-24(2)16-12-8-6-10-14-22-31-26(29)18-20-28(5)21-19-27(30)32-23-15-11-7-9-13-17-25(3)4/h24-25H,6-23H2,1-5H3. The van der Waals surface area contributed by atoms with Crippen LogP contribution in [0.3, 0.4) is 0 Å². The summed E-state index contributed by atoms with van der Waals surface area (Å²) in [5, 5.41) is 0. The van der Waals surface area contributed by atoms with Crippen LogP contribution in [0.25, 0.3) is 0 Å². The fourth-order valence-corrected chi connectivity index (χ4v) is 3.56. The van der Waals surface area contributed by atoms with Gasteiger partial charge in [-0.3, -0.25) is 9.59 Å². The van der Waals surface area contributed by atoms with E-state index in [4.69, 9.17) is 9.47 Å². The zero-order valence-corrected chi connectivity index (χ0v) is 22.0. The monoisotopic (exact) mass is 455 g/mol. The Morgan fingerprint density at radius 1 is 0.594 bits per heavy atom. The predicted molar refractivity (Wildman–Crippen MR) is 134 cm³/mol. The Morgan fingerprint density at radius 2 is 0.938 bits per heavy atom. The van der Waals surface area contributed by atoms with Gasteiger partial charge in [0.15, 0.2) is 0 Å². The van der Waals surface area contributed by atoms with Crippen LogP contribution in [0.2, 0.25) is 0 Å². The number of nitrogens with zero attached hydrogens (tertiary/aromatic N) is 1. The third-order valence-electron chi connectivity index (χ3n) is 5.77. The Morgan fingerprint density at radius 3 is 1.31 bits per heavy atom. The van der Waals surface area contributed by atoms with Crippen molar-refractivity contribution < 1.29 is 19.1 Å². The molecule has 0 rings (SSSR count). The van der Waals surface area contributed by atoms with E-state index in [0.717, 1.165) is 37.5 Å². The maximum absolute atomic E-state index is 11.9. The lowest BCUT2D eigenvalue weighted by Crippen LogP contribution is -2.26. The molecule has 0 aromatic rings. The molecule has 0 aromatic carbocycles. The smallest absolute Gasteiger partial charge is 0.307 e. The van der Waals surface area contributed by atoms with Gasteiger partial charge in [0.25, 0.3) is 0 Å². The van der Waals surface area contributed by atoms with Crippen molar-refractivity contribution in [2.75, 3.05) is 33.4 Å². The molecule has 0 aromatic heterocycles. The van der Waals surface area contributed by atoms with E-state index in [-0.39, 0.29) is 11.9 Å². The van der Waals surface area contributed by atoms with Gasteiger partial charge in [-0.25, -0.2) is 0 Å². The minimum absolute atomic E-state index is 0.146. The Bertz CT molecular complexity index is 411. The van der Waals surface area contributed by atoms with E-state index in [1.54, 1.807) is 0 Å². The first-order chi connectivity index (χ1) is 15.3. The highest BCUT2D eigenvalue weighted by atomic mass is 16.5. The topological polar surface area (TPSA) is 55.8 Å². The summed E-state index contributed by atoms with van der Waals surface area (Å²) in [5.74, 6) is 1.29. The molecule has 0 aliphatic rings. The lowest BCUT2D eigenvalue weighted by molar-refractivity contribution is -0.144. The van der Waals surface area contributed by atoms with Crippen molar-refractivity contribution in [3.8, 4) is 0 Å². The molecule has 0 fully saturated rings. The average molecular weight is 456 g/mol. The van der Waals surface area contributed by atoms with Crippen LogP contribution in [0.1, 0.15) is 118 Å².